The summed E-state index contributed by atoms with van der Waals surface area (Å²) in [5, 5.41) is 4.09. The zero-order chi connectivity index (χ0) is 11.3. The fourth-order valence-corrected chi connectivity index (χ4v) is 1.16. The van der Waals surface area contributed by atoms with Gasteiger partial charge in [0, 0.05) is 13.5 Å². The Bertz CT molecular complexity index is 262. The van der Waals surface area contributed by atoms with E-state index in [1.165, 1.54) is 0 Å². The van der Waals surface area contributed by atoms with Crippen molar-refractivity contribution in [3.63, 3.8) is 0 Å². The van der Waals surface area contributed by atoms with Gasteiger partial charge in [0.15, 0.2) is 8.96 Å². The van der Waals surface area contributed by atoms with Crippen LogP contribution in [0, 0.1) is 0 Å². The monoisotopic (exact) mass is 214 g/mol. The molecule has 0 bridgehead atoms. The quantitative estimate of drug-likeness (QED) is 0.295. The molecule has 0 spiro atoms. The molecule has 5 heteroatoms. The van der Waals surface area contributed by atoms with Gasteiger partial charge in [-0.05, 0) is 6.92 Å². The lowest BCUT2D eigenvalue weighted by molar-refractivity contribution is -0.132. The van der Waals surface area contributed by atoms with Crippen LogP contribution in [0.3, 0.4) is 0 Å². The Morgan fingerprint density at radius 1 is 1.36 bits per heavy atom. The van der Waals surface area contributed by atoms with Crippen molar-refractivity contribution in [1.82, 2.24) is 4.67 Å². The molecule has 0 aromatic heterocycles. The molecule has 0 radical (unpaired) electrons. The van der Waals surface area contributed by atoms with Crippen LogP contribution < -0.4 is 0 Å². The first kappa shape index (κ1) is 13.0. The molecule has 0 N–H and O–H groups in total. The summed E-state index contributed by atoms with van der Waals surface area (Å²) < 4.78 is 1.80. The van der Waals surface area contributed by atoms with Crippen LogP contribution >= 0.6 is 0 Å². The van der Waals surface area contributed by atoms with Gasteiger partial charge >= 0.3 is 0 Å². The van der Waals surface area contributed by atoms with Crippen molar-refractivity contribution >= 4 is 26.2 Å². The Labute approximate surface area is 86.7 Å². The number of hydrogen-bond donors (Lipinski definition) is 0. The number of carbonyl (C=O) groups is 2. The van der Waals surface area contributed by atoms with Crippen LogP contribution in [0.1, 0.15) is 20.3 Å². The highest BCUT2D eigenvalue weighted by Crippen LogP contribution is 1.94. The lowest BCUT2D eigenvalue weighted by atomic mass is 10.1. The van der Waals surface area contributed by atoms with Gasteiger partial charge in [0.2, 0.25) is 11.6 Å². The molecule has 0 fully saturated rings. The van der Waals surface area contributed by atoms with Gasteiger partial charge in [-0.15, -0.1) is 0 Å². The van der Waals surface area contributed by atoms with E-state index in [0.717, 1.165) is 0 Å². The first-order valence-corrected chi connectivity index (χ1v) is 7.58. The SMILES string of the molecule is CCC(=O)C(=O)C(C)=NN(C)[SiH](C)C. The van der Waals surface area contributed by atoms with Crippen LogP contribution in [0.25, 0.3) is 0 Å². The zero-order valence-electron chi connectivity index (χ0n) is 9.50. The van der Waals surface area contributed by atoms with Crippen molar-refractivity contribution in [2.75, 3.05) is 7.05 Å². The minimum Gasteiger partial charge on any atom is -0.331 e. The van der Waals surface area contributed by atoms with Crippen LogP contribution in [-0.2, 0) is 9.59 Å². The molecule has 0 heterocycles. The van der Waals surface area contributed by atoms with Crippen LogP contribution in [0.2, 0.25) is 13.1 Å². The van der Waals surface area contributed by atoms with Gasteiger partial charge in [-0.3, -0.25) is 9.59 Å². The van der Waals surface area contributed by atoms with Crippen molar-refractivity contribution in [3.05, 3.63) is 0 Å². The fourth-order valence-electron chi connectivity index (χ4n) is 0.760. The Morgan fingerprint density at radius 3 is 2.21 bits per heavy atom. The van der Waals surface area contributed by atoms with Crippen LogP contribution in [-0.4, -0.2) is 38.0 Å². The second-order valence-corrected chi connectivity index (χ2v) is 6.39. The van der Waals surface area contributed by atoms with Crippen molar-refractivity contribution in [1.29, 1.82) is 0 Å². The molecule has 0 unspecified atom stereocenters. The minimum atomic E-state index is -1.02. The third-order valence-corrected chi connectivity index (χ3v) is 3.57. The van der Waals surface area contributed by atoms with Crippen molar-refractivity contribution in [2.45, 2.75) is 33.4 Å². The number of hydrogen-bond acceptors (Lipinski definition) is 4. The van der Waals surface area contributed by atoms with E-state index in [0.29, 0.717) is 5.71 Å². The number of rotatable bonds is 5. The van der Waals surface area contributed by atoms with Gasteiger partial charge < -0.3 is 4.67 Å². The van der Waals surface area contributed by atoms with E-state index in [-0.39, 0.29) is 12.2 Å². The van der Waals surface area contributed by atoms with Crippen LogP contribution in [0.5, 0.6) is 0 Å². The zero-order valence-corrected chi connectivity index (χ0v) is 10.7. The summed E-state index contributed by atoms with van der Waals surface area (Å²) in [6, 6.07) is 0. The van der Waals surface area contributed by atoms with E-state index in [1.807, 2.05) is 7.05 Å². The fraction of sp³-hybridized carbons (Fsp3) is 0.667. The predicted molar refractivity (Wildman–Crippen MR) is 60.1 cm³/mol. The summed E-state index contributed by atoms with van der Waals surface area (Å²) in [7, 11) is 0.817. The molecule has 0 aromatic rings. The summed E-state index contributed by atoms with van der Waals surface area (Å²) in [5.41, 5.74) is 0.292. The summed E-state index contributed by atoms with van der Waals surface area (Å²) >= 11 is 0. The molecule has 0 amide bonds. The van der Waals surface area contributed by atoms with E-state index in [4.69, 9.17) is 0 Å². The summed E-state index contributed by atoms with van der Waals surface area (Å²) in [4.78, 5) is 22.4. The molecule has 0 saturated carbocycles. The van der Waals surface area contributed by atoms with E-state index < -0.39 is 14.7 Å². The first-order chi connectivity index (χ1) is 6.40. The number of carbonyl (C=O) groups excluding carboxylic acids is 2. The largest absolute Gasteiger partial charge is 0.331 e. The van der Waals surface area contributed by atoms with Crippen molar-refractivity contribution < 1.29 is 9.59 Å². The van der Waals surface area contributed by atoms with Gasteiger partial charge in [0.1, 0.15) is 5.71 Å². The average molecular weight is 214 g/mol. The normalized spacial score (nSPS) is 11.7. The van der Waals surface area contributed by atoms with Gasteiger partial charge in [-0.1, -0.05) is 20.0 Å². The first-order valence-electron chi connectivity index (χ1n) is 4.75. The highest BCUT2D eigenvalue weighted by atomic mass is 28.3. The smallest absolute Gasteiger partial charge is 0.244 e. The summed E-state index contributed by atoms with van der Waals surface area (Å²) in [6.07, 6.45) is 0.245. The van der Waals surface area contributed by atoms with E-state index >= 15 is 0 Å². The molecule has 0 aliphatic rings. The number of nitrogens with zero attached hydrogens (tertiary/aromatic N) is 2. The van der Waals surface area contributed by atoms with Crippen LogP contribution in [0.15, 0.2) is 5.10 Å². The maximum absolute atomic E-state index is 11.3. The third-order valence-electron chi connectivity index (χ3n) is 1.96. The topological polar surface area (TPSA) is 49.7 Å². The van der Waals surface area contributed by atoms with E-state index in [1.54, 1.807) is 18.5 Å². The highest BCUT2D eigenvalue weighted by Gasteiger charge is 2.15. The number of ketones is 2. The molecule has 0 rings (SSSR count). The van der Waals surface area contributed by atoms with Gasteiger partial charge in [0.25, 0.3) is 0 Å². The Morgan fingerprint density at radius 2 is 1.86 bits per heavy atom. The van der Waals surface area contributed by atoms with Crippen molar-refractivity contribution in [2.24, 2.45) is 5.10 Å². The molecule has 0 aliphatic heterocycles. The van der Waals surface area contributed by atoms with Gasteiger partial charge in [0.05, 0.1) is 0 Å². The lowest BCUT2D eigenvalue weighted by Crippen LogP contribution is -2.29. The summed E-state index contributed by atoms with van der Waals surface area (Å²) in [6.45, 7) is 7.46. The van der Waals surface area contributed by atoms with Crippen molar-refractivity contribution in [3.8, 4) is 0 Å². The molecular weight excluding hydrogens is 196 g/mol. The molecule has 0 atom stereocenters. The highest BCUT2D eigenvalue weighted by molar-refractivity contribution is 6.65. The minimum absolute atomic E-state index is 0.245. The third kappa shape index (κ3) is 3.82. The van der Waals surface area contributed by atoms with E-state index in [9.17, 15) is 9.59 Å². The lowest BCUT2D eigenvalue weighted by Gasteiger charge is -2.17. The molecule has 0 saturated heterocycles. The number of hydrazone groups is 1. The molecule has 0 aliphatic carbocycles. The molecule has 4 nitrogen and oxygen atoms in total. The Kier molecular flexibility index (Phi) is 5.30. The Hall–Kier alpha value is -0.973. The maximum Gasteiger partial charge on any atom is 0.244 e. The maximum atomic E-state index is 11.3. The average Bonchev–Trinajstić information content (AvgIpc) is 2.14. The van der Waals surface area contributed by atoms with Gasteiger partial charge in [-0.2, -0.15) is 5.10 Å². The summed E-state index contributed by atoms with van der Waals surface area (Å²) in [5.74, 6) is -0.834. The Balaban J connectivity index is 4.53. The van der Waals surface area contributed by atoms with Gasteiger partial charge in [-0.25, -0.2) is 0 Å². The molecule has 80 valence electrons. The standard InChI is InChI=1S/C9H18N2O2Si/c1-6-8(12)9(13)7(2)10-11(3)14(4)5/h14H,6H2,1-5H3. The molecule has 0 aromatic carbocycles. The second-order valence-electron chi connectivity index (χ2n) is 3.46. The second kappa shape index (κ2) is 5.69. The van der Waals surface area contributed by atoms with Crippen LogP contribution in [0.4, 0.5) is 0 Å². The predicted octanol–water partition coefficient (Wildman–Crippen LogP) is 0.826. The molecular formula is C9H18N2O2Si. The van der Waals surface area contributed by atoms with E-state index in [2.05, 4.69) is 18.2 Å². The molecule has 14 heavy (non-hydrogen) atoms. The number of Topliss-reactive ketones (excluding diaryl/α,β-unsaturated/α-hetero) is 2.